The molecule has 1 aliphatic rings. The Kier molecular flexibility index (Phi) is 7.09. The average Bonchev–Trinajstić information content (AvgIpc) is 2.33. The van der Waals surface area contributed by atoms with E-state index in [9.17, 15) is 0 Å². The zero-order chi connectivity index (χ0) is 12.7. The molecule has 1 heterocycles. The monoisotopic (exact) mass is 241 g/mol. The molecule has 1 N–H and O–H groups in total. The van der Waals surface area contributed by atoms with Crippen molar-refractivity contribution in [3.05, 3.63) is 0 Å². The summed E-state index contributed by atoms with van der Waals surface area (Å²) in [6.07, 6.45) is 5.33. The highest BCUT2D eigenvalue weighted by atomic mass is 15.2. The Morgan fingerprint density at radius 3 is 2.88 bits per heavy atom. The topological polar surface area (TPSA) is 18.5 Å². The minimum atomic E-state index is 0.713. The van der Waals surface area contributed by atoms with Crippen LogP contribution in [0, 0.1) is 0 Å². The summed E-state index contributed by atoms with van der Waals surface area (Å²) in [7, 11) is 4.55. The largest absolute Gasteiger partial charge is 0.317 e. The number of hydrogen-bond donors (Lipinski definition) is 1. The molecule has 1 saturated heterocycles. The van der Waals surface area contributed by atoms with Gasteiger partial charge in [-0.3, -0.25) is 4.90 Å². The van der Waals surface area contributed by atoms with Crippen molar-refractivity contribution in [2.24, 2.45) is 0 Å². The molecule has 0 spiro atoms. The van der Waals surface area contributed by atoms with Gasteiger partial charge in [-0.1, -0.05) is 6.92 Å². The highest BCUT2D eigenvalue weighted by molar-refractivity contribution is 4.80. The number of likely N-dealkylation sites (N-methyl/N-ethyl adjacent to an activating group) is 2. The predicted molar refractivity (Wildman–Crippen MR) is 75.5 cm³/mol. The van der Waals surface area contributed by atoms with Crippen molar-refractivity contribution in [3.63, 3.8) is 0 Å². The first-order valence-corrected chi connectivity index (χ1v) is 7.26. The fourth-order valence-corrected chi connectivity index (χ4v) is 2.73. The van der Waals surface area contributed by atoms with Crippen LogP contribution in [0.2, 0.25) is 0 Å². The number of nitrogens with one attached hydrogen (secondary N) is 1. The molecule has 0 radical (unpaired) electrons. The minimum Gasteiger partial charge on any atom is -0.317 e. The molecule has 0 aromatic heterocycles. The Bertz CT molecular complexity index is 196. The van der Waals surface area contributed by atoms with Crippen LogP contribution in [0.15, 0.2) is 0 Å². The van der Waals surface area contributed by atoms with Gasteiger partial charge in [0.25, 0.3) is 0 Å². The van der Waals surface area contributed by atoms with Crippen LogP contribution < -0.4 is 5.32 Å². The van der Waals surface area contributed by atoms with Gasteiger partial charge in [0, 0.05) is 18.6 Å². The summed E-state index contributed by atoms with van der Waals surface area (Å²) in [5.74, 6) is 0. The van der Waals surface area contributed by atoms with E-state index in [0.717, 1.165) is 12.6 Å². The van der Waals surface area contributed by atoms with E-state index >= 15 is 0 Å². The third-order valence-corrected chi connectivity index (χ3v) is 4.10. The molecule has 0 aromatic carbocycles. The van der Waals surface area contributed by atoms with E-state index in [4.69, 9.17) is 0 Å². The molecule has 2 atom stereocenters. The molecule has 17 heavy (non-hydrogen) atoms. The van der Waals surface area contributed by atoms with Crippen molar-refractivity contribution < 1.29 is 0 Å². The third-order valence-electron chi connectivity index (χ3n) is 4.10. The smallest absolute Gasteiger partial charge is 0.0223 e. The van der Waals surface area contributed by atoms with E-state index in [-0.39, 0.29) is 0 Å². The number of rotatable bonds is 7. The van der Waals surface area contributed by atoms with Gasteiger partial charge in [0.15, 0.2) is 0 Å². The molecule has 1 fully saturated rings. The van der Waals surface area contributed by atoms with Gasteiger partial charge in [-0.2, -0.15) is 0 Å². The first-order chi connectivity index (χ1) is 8.15. The van der Waals surface area contributed by atoms with Crippen LogP contribution in [0.1, 0.15) is 39.5 Å². The van der Waals surface area contributed by atoms with Gasteiger partial charge in [0.2, 0.25) is 0 Å². The summed E-state index contributed by atoms with van der Waals surface area (Å²) in [6, 6.07) is 1.48. The van der Waals surface area contributed by atoms with Gasteiger partial charge in [-0.05, 0) is 66.3 Å². The SMILES string of the molecule is CCNCCCC(C)N(C)C1CCCN(C)C1. The van der Waals surface area contributed by atoms with Crippen molar-refractivity contribution >= 4 is 0 Å². The molecular weight excluding hydrogens is 210 g/mol. The molecule has 1 aliphatic heterocycles. The maximum absolute atomic E-state index is 3.40. The fourth-order valence-electron chi connectivity index (χ4n) is 2.73. The van der Waals surface area contributed by atoms with E-state index < -0.39 is 0 Å². The minimum absolute atomic E-state index is 0.713. The predicted octanol–water partition coefficient (Wildman–Crippen LogP) is 1.79. The van der Waals surface area contributed by atoms with Crippen molar-refractivity contribution in [1.29, 1.82) is 0 Å². The van der Waals surface area contributed by atoms with E-state index in [1.807, 2.05) is 0 Å². The maximum atomic E-state index is 3.40. The standard InChI is InChI=1S/C14H31N3/c1-5-15-10-6-8-13(2)17(4)14-9-7-11-16(3)12-14/h13-15H,5-12H2,1-4H3. The maximum Gasteiger partial charge on any atom is 0.0223 e. The first kappa shape index (κ1) is 14.9. The normalized spacial score (nSPS) is 24.2. The molecule has 0 aliphatic carbocycles. The van der Waals surface area contributed by atoms with Crippen LogP contribution in [0.3, 0.4) is 0 Å². The van der Waals surface area contributed by atoms with Crippen LogP contribution in [0.5, 0.6) is 0 Å². The highest BCUT2D eigenvalue weighted by Gasteiger charge is 2.23. The van der Waals surface area contributed by atoms with Crippen LogP contribution in [-0.2, 0) is 0 Å². The number of piperidine rings is 1. The van der Waals surface area contributed by atoms with Gasteiger partial charge in [0.1, 0.15) is 0 Å². The summed E-state index contributed by atoms with van der Waals surface area (Å²) >= 11 is 0. The molecule has 102 valence electrons. The summed E-state index contributed by atoms with van der Waals surface area (Å²) in [4.78, 5) is 5.07. The Labute approximate surface area is 108 Å². The summed E-state index contributed by atoms with van der Waals surface area (Å²) in [6.45, 7) is 9.33. The van der Waals surface area contributed by atoms with Crippen molar-refractivity contribution in [3.8, 4) is 0 Å². The third kappa shape index (κ3) is 5.36. The first-order valence-electron chi connectivity index (χ1n) is 7.26. The van der Waals surface area contributed by atoms with Crippen LogP contribution >= 0.6 is 0 Å². The molecule has 3 nitrogen and oxygen atoms in total. The lowest BCUT2D eigenvalue weighted by Crippen LogP contribution is -2.48. The van der Waals surface area contributed by atoms with E-state index in [1.54, 1.807) is 0 Å². The Hall–Kier alpha value is -0.120. The second-order valence-corrected chi connectivity index (χ2v) is 5.57. The second-order valence-electron chi connectivity index (χ2n) is 5.57. The molecular formula is C14H31N3. The summed E-state index contributed by atoms with van der Waals surface area (Å²) in [5, 5.41) is 3.40. The van der Waals surface area contributed by atoms with Gasteiger partial charge in [-0.25, -0.2) is 0 Å². The van der Waals surface area contributed by atoms with Crippen LogP contribution in [0.25, 0.3) is 0 Å². The second kappa shape index (κ2) is 8.06. The molecule has 2 unspecified atom stereocenters. The lowest BCUT2D eigenvalue weighted by Gasteiger charge is -2.39. The average molecular weight is 241 g/mol. The Morgan fingerprint density at radius 1 is 1.47 bits per heavy atom. The Morgan fingerprint density at radius 2 is 2.24 bits per heavy atom. The van der Waals surface area contributed by atoms with Gasteiger partial charge >= 0.3 is 0 Å². The molecule has 0 amide bonds. The summed E-state index contributed by atoms with van der Waals surface area (Å²) < 4.78 is 0. The lowest BCUT2D eigenvalue weighted by molar-refractivity contribution is 0.101. The number of hydrogen-bond acceptors (Lipinski definition) is 3. The number of nitrogens with zero attached hydrogens (tertiary/aromatic N) is 2. The molecule has 1 rings (SSSR count). The van der Waals surface area contributed by atoms with Crippen molar-refractivity contribution in [2.75, 3.05) is 40.3 Å². The van der Waals surface area contributed by atoms with Crippen molar-refractivity contribution in [1.82, 2.24) is 15.1 Å². The van der Waals surface area contributed by atoms with E-state index in [2.05, 4.69) is 43.1 Å². The van der Waals surface area contributed by atoms with Crippen LogP contribution in [-0.4, -0.2) is 62.2 Å². The van der Waals surface area contributed by atoms with Gasteiger partial charge in [-0.15, -0.1) is 0 Å². The zero-order valence-electron chi connectivity index (χ0n) is 12.2. The zero-order valence-corrected chi connectivity index (χ0v) is 12.2. The summed E-state index contributed by atoms with van der Waals surface area (Å²) in [5.41, 5.74) is 0. The van der Waals surface area contributed by atoms with Crippen molar-refractivity contribution in [2.45, 2.75) is 51.6 Å². The fraction of sp³-hybridized carbons (Fsp3) is 1.00. The lowest BCUT2D eigenvalue weighted by atomic mass is 10.0. The highest BCUT2D eigenvalue weighted by Crippen LogP contribution is 2.17. The quantitative estimate of drug-likeness (QED) is 0.686. The van der Waals surface area contributed by atoms with E-state index in [1.165, 1.54) is 45.3 Å². The molecule has 0 aromatic rings. The molecule has 0 bridgehead atoms. The van der Waals surface area contributed by atoms with E-state index in [0.29, 0.717) is 6.04 Å². The van der Waals surface area contributed by atoms with Gasteiger partial charge in [0.05, 0.1) is 0 Å². The number of likely N-dealkylation sites (tertiary alicyclic amines) is 1. The van der Waals surface area contributed by atoms with Gasteiger partial charge < -0.3 is 10.2 Å². The Balaban J connectivity index is 2.22. The van der Waals surface area contributed by atoms with Crippen LogP contribution in [0.4, 0.5) is 0 Å². The molecule has 0 saturated carbocycles. The molecule has 3 heteroatoms.